The summed E-state index contributed by atoms with van der Waals surface area (Å²) >= 11 is 0. The summed E-state index contributed by atoms with van der Waals surface area (Å²) in [4.78, 5) is 25.3. The van der Waals surface area contributed by atoms with Gasteiger partial charge in [-0.1, -0.05) is 62.9 Å². The molecule has 6 nitrogen and oxygen atoms in total. The number of carbonyl (C=O) groups is 2. The van der Waals surface area contributed by atoms with E-state index in [2.05, 4.69) is 13.0 Å². The van der Waals surface area contributed by atoms with Crippen molar-refractivity contribution in [2.24, 2.45) is 0 Å². The van der Waals surface area contributed by atoms with Gasteiger partial charge in [0.15, 0.2) is 0 Å². The highest BCUT2D eigenvalue weighted by Gasteiger charge is 2.12. The lowest BCUT2D eigenvalue weighted by atomic mass is 9.99. The second-order valence-electron chi connectivity index (χ2n) is 8.76. The number of aliphatic hydroxyl groups is 1. The zero-order valence-corrected chi connectivity index (χ0v) is 20.6. The molecule has 0 spiro atoms. The summed E-state index contributed by atoms with van der Waals surface area (Å²) in [5.74, 6) is 0.00172. The third-order valence-electron chi connectivity index (χ3n) is 5.81. The average molecular weight is 470 g/mol. The van der Waals surface area contributed by atoms with Gasteiger partial charge in [-0.25, -0.2) is 0 Å². The van der Waals surface area contributed by atoms with Crippen molar-refractivity contribution in [1.29, 1.82) is 0 Å². The van der Waals surface area contributed by atoms with E-state index in [0.717, 1.165) is 35.1 Å². The first-order valence-electron chi connectivity index (χ1n) is 12.4. The molecule has 2 aromatic carbocycles. The SMILES string of the molecule is CCCCCCCC(=O)N(C)Cc1cccc(-c2ccc(CCC(=O)O)cc2OCCCO)c1. The van der Waals surface area contributed by atoms with Crippen LogP contribution in [0.15, 0.2) is 42.5 Å². The summed E-state index contributed by atoms with van der Waals surface area (Å²) in [5, 5.41) is 18.1. The smallest absolute Gasteiger partial charge is 0.303 e. The van der Waals surface area contributed by atoms with E-state index in [4.69, 9.17) is 14.9 Å². The first-order valence-corrected chi connectivity index (χ1v) is 12.4. The van der Waals surface area contributed by atoms with Gasteiger partial charge < -0.3 is 19.8 Å². The highest BCUT2D eigenvalue weighted by molar-refractivity contribution is 5.76. The molecule has 0 bridgehead atoms. The van der Waals surface area contributed by atoms with Gasteiger partial charge >= 0.3 is 5.97 Å². The van der Waals surface area contributed by atoms with Crippen molar-refractivity contribution in [3.63, 3.8) is 0 Å². The molecule has 0 saturated carbocycles. The van der Waals surface area contributed by atoms with Crippen molar-refractivity contribution in [1.82, 2.24) is 4.90 Å². The number of ether oxygens (including phenoxy) is 1. The zero-order chi connectivity index (χ0) is 24.8. The van der Waals surface area contributed by atoms with Crippen LogP contribution in [0, 0.1) is 0 Å². The molecule has 6 heteroatoms. The van der Waals surface area contributed by atoms with Crippen LogP contribution < -0.4 is 4.74 Å². The fraction of sp³-hybridized carbons (Fsp3) is 0.500. The molecule has 0 heterocycles. The van der Waals surface area contributed by atoms with Crippen LogP contribution in [0.5, 0.6) is 5.75 Å². The number of carbonyl (C=O) groups excluding carboxylic acids is 1. The van der Waals surface area contributed by atoms with Crippen LogP contribution >= 0.6 is 0 Å². The zero-order valence-electron chi connectivity index (χ0n) is 20.6. The largest absolute Gasteiger partial charge is 0.493 e. The van der Waals surface area contributed by atoms with Crippen LogP contribution in [-0.2, 0) is 22.6 Å². The number of carboxylic acid groups (broad SMARTS) is 1. The van der Waals surface area contributed by atoms with Crippen LogP contribution in [0.4, 0.5) is 0 Å². The molecule has 2 rings (SSSR count). The molecule has 0 saturated heterocycles. The predicted molar refractivity (Wildman–Crippen MR) is 135 cm³/mol. The molecule has 0 radical (unpaired) electrons. The minimum Gasteiger partial charge on any atom is -0.493 e. The Morgan fingerprint density at radius 3 is 2.47 bits per heavy atom. The highest BCUT2D eigenvalue weighted by atomic mass is 16.5. The van der Waals surface area contributed by atoms with Crippen LogP contribution in [-0.4, -0.2) is 47.3 Å². The lowest BCUT2D eigenvalue weighted by molar-refractivity contribution is -0.137. The maximum Gasteiger partial charge on any atom is 0.303 e. The molecule has 186 valence electrons. The number of hydrogen-bond donors (Lipinski definition) is 2. The van der Waals surface area contributed by atoms with Crippen LogP contribution in [0.1, 0.15) is 69.4 Å². The fourth-order valence-corrected chi connectivity index (χ4v) is 3.85. The molecule has 2 aromatic rings. The number of aryl methyl sites for hydroxylation is 1. The molecular formula is C28H39NO5. The highest BCUT2D eigenvalue weighted by Crippen LogP contribution is 2.32. The van der Waals surface area contributed by atoms with Crippen molar-refractivity contribution in [3.05, 3.63) is 53.6 Å². The number of amides is 1. The molecule has 0 atom stereocenters. The van der Waals surface area contributed by atoms with Crippen molar-refractivity contribution < 1.29 is 24.5 Å². The molecule has 0 aliphatic heterocycles. The summed E-state index contributed by atoms with van der Waals surface area (Å²) in [6.45, 7) is 3.15. The van der Waals surface area contributed by atoms with E-state index in [1.165, 1.54) is 19.3 Å². The molecule has 34 heavy (non-hydrogen) atoms. The Balaban J connectivity index is 2.11. The van der Waals surface area contributed by atoms with Crippen LogP contribution in [0.25, 0.3) is 11.1 Å². The first kappa shape index (κ1) is 27.4. The lowest BCUT2D eigenvalue weighted by Crippen LogP contribution is -2.25. The Morgan fingerprint density at radius 2 is 1.74 bits per heavy atom. The van der Waals surface area contributed by atoms with Gasteiger partial charge in [-0.3, -0.25) is 9.59 Å². The van der Waals surface area contributed by atoms with Gasteiger partial charge in [-0.15, -0.1) is 0 Å². The van der Waals surface area contributed by atoms with Crippen LogP contribution in [0.2, 0.25) is 0 Å². The second-order valence-corrected chi connectivity index (χ2v) is 8.76. The van der Waals surface area contributed by atoms with Crippen molar-refractivity contribution >= 4 is 11.9 Å². The van der Waals surface area contributed by atoms with Gasteiger partial charge in [-0.05, 0) is 41.7 Å². The molecule has 2 N–H and O–H groups in total. The molecule has 0 unspecified atom stereocenters. The number of nitrogens with zero attached hydrogens (tertiary/aromatic N) is 1. The lowest BCUT2D eigenvalue weighted by Gasteiger charge is -2.18. The maximum absolute atomic E-state index is 12.5. The number of benzene rings is 2. The van der Waals surface area contributed by atoms with Gasteiger partial charge in [0, 0.05) is 45.0 Å². The van der Waals surface area contributed by atoms with E-state index in [0.29, 0.717) is 38.2 Å². The summed E-state index contributed by atoms with van der Waals surface area (Å²) in [5.41, 5.74) is 3.81. The Bertz CT molecular complexity index is 911. The molecular weight excluding hydrogens is 430 g/mol. The standard InChI is InChI=1S/C28H39NO5/c1-3-4-5-6-7-12-27(31)29(2)21-23-10-8-11-24(19-23)25-15-13-22(14-16-28(32)33)20-26(25)34-18-9-17-30/h8,10-11,13,15,19-20,30H,3-7,9,12,14,16-18,21H2,1-2H3,(H,32,33). The molecule has 1 amide bonds. The monoisotopic (exact) mass is 469 g/mol. The van der Waals surface area contributed by atoms with E-state index in [1.807, 2.05) is 43.4 Å². The first-order chi connectivity index (χ1) is 16.4. The summed E-state index contributed by atoms with van der Waals surface area (Å²) in [6, 6.07) is 13.8. The minimum atomic E-state index is -0.834. The van der Waals surface area contributed by atoms with Crippen molar-refractivity contribution in [2.45, 2.75) is 71.3 Å². The van der Waals surface area contributed by atoms with Gasteiger partial charge in [0.2, 0.25) is 5.91 Å². The number of carboxylic acids is 1. The van der Waals surface area contributed by atoms with E-state index < -0.39 is 5.97 Å². The van der Waals surface area contributed by atoms with Gasteiger partial charge in [0.05, 0.1) is 6.61 Å². The maximum atomic E-state index is 12.5. The van der Waals surface area contributed by atoms with E-state index >= 15 is 0 Å². The number of hydrogen-bond acceptors (Lipinski definition) is 4. The molecule has 0 aliphatic carbocycles. The Kier molecular flexibility index (Phi) is 12.2. The third kappa shape index (κ3) is 9.56. The van der Waals surface area contributed by atoms with Gasteiger partial charge in [-0.2, -0.15) is 0 Å². The summed E-state index contributed by atoms with van der Waals surface area (Å²) < 4.78 is 5.94. The quantitative estimate of drug-likeness (QED) is 0.319. The normalized spacial score (nSPS) is 10.8. The molecule has 0 fully saturated rings. The molecule has 0 aromatic heterocycles. The summed E-state index contributed by atoms with van der Waals surface area (Å²) in [7, 11) is 1.85. The Hall–Kier alpha value is -2.86. The van der Waals surface area contributed by atoms with Crippen molar-refractivity contribution in [2.75, 3.05) is 20.3 Å². The number of unbranched alkanes of at least 4 members (excludes halogenated alkanes) is 4. The molecule has 0 aliphatic rings. The fourth-order valence-electron chi connectivity index (χ4n) is 3.85. The van der Waals surface area contributed by atoms with E-state index in [1.54, 1.807) is 4.90 Å². The van der Waals surface area contributed by atoms with Crippen molar-refractivity contribution in [3.8, 4) is 16.9 Å². The third-order valence-corrected chi connectivity index (χ3v) is 5.81. The second kappa shape index (κ2) is 15.1. The van der Waals surface area contributed by atoms with Crippen LogP contribution in [0.3, 0.4) is 0 Å². The average Bonchev–Trinajstić information content (AvgIpc) is 2.83. The number of aliphatic hydroxyl groups excluding tert-OH is 1. The van der Waals surface area contributed by atoms with Gasteiger partial charge in [0.1, 0.15) is 5.75 Å². The van der Waals surface area contributed by atoms with E-state index in [9.17, 15) is 9.59 Å². The van der Waals surface area contributed by atoms with Gasteiger partial charge in [0.25, 0.3) is 0 Å². The predicted octanol–water partition coefficient (Wildman–Crippen LogP) is 5.45. The Labute approximate surface area is 203 Å². The Morgan fingerprint density at radius 1 is 0.941 bits per heavy atom. The minimum absolute atomic E-state index is 0.0441. The number of aliphatic carboxylic acids is 1. The number of rotatable bonds is 16. The van der Waals surface area contributed by atoms with E-state index in [-0.39, 0.29) is 18.9 Å². The topological polar surface area (TPSA) is 87.1 Å². The summed E-state index contributed by atoms with van der Waals surface area (Å²) in [6.07, 6.45) is 7.24.